The van der Waals surface area contributed by atoms with Crippen molar-refractivity contribution >= 4 is 5.69 Å². The monoisotopic (exact) mass is 263 g/mol. The summed E-state index contributed by atoms with van der Waals surface area (Å²) in [6.45, 7) is 10.2. The summed E-state index contributed by atoms with van der Waals surface area (Å²) in [5.41, 5.74) is 2.36. The van der Waals surface area contributed by atoms with Gasteiger partial charge in [0.15, 0.2) is 0 Å². The van der Waals surface area contributed by atoms with Gasteiger partial charge in [0.05, 0.1) is 17.9 Å². The highest BCUT2D eigenvalue weighted by molar-refractivity contribution is 5.47. The van der Waals surface area contributed by atoms with Gasteiger partial charge in [0.25, 0.3) is 0 Å². The Kier molecular flexibility index (Phi) is 5.16. The molecule has 1 aliphatic heterocycles. The van der Waals surface area contributed by atoms with E-state index in [2.05, 4.69) is 48.1 Å². The molecular weight excluding hydrogens is 238 g/mol. The first-order valence-corrected chi connectivity index (χ1v) is 7.25. The minimum Gasteiger partial charge on any atom is -0.372 e. The van der Waals surface area contributed by atoms with Crippen LogP contribution < -0.4 is 10.2 Å². The van der Waals surface area contributed by atoms with E-state index < -0.39 is 0 Å². The number of ether oxygens (including phenoxy) is 1. The van der Waals surface area contributed by atoms with Gasteiger partial charge in [-0.15, -0.1) is 0 Å². The summed E-state index contributed by atoms with van der Waals surface area (Å²) in [5, 5.41) is 3.39. The first kappa shape index (κ1) is 14.3. The Morgan fingerprint density at radius 1 is 1.37 bits per heavy atom. The summed E-state index contributed by atoms with van der Waals surface area (Å²) >= 11 is 0. The zero-order chi connectivity index (χ0) is 13.7. The molecule has 0 spiro atoms. The smallest absolute Gasteiger partial charge is 0.0726 e. The molecular formula is C15H25N3O. The van der Waals surface area contributed by atoms with E-state index in [1.807, 2.05) is 6.20 Å². The average molecular weight is 263 g/mol. The molecule has 4 nitrogen and oxygen atoms in total. The SMILES string of the molecule is CCCNCc1cc(N2CC(C)OC(C)C2)ccn1. The number of morpholine rings is 1. The normalized spacial score (nSPS) is 23.6. The molecule has 2 unspecified atom stereocenters. The minimum absolute atomic E-state index is 0.290. The molecule has 19 heavy (non-hydrogen) atoms. The largest absolute Gasteiger partial charge is 0.372 e. The number of hydrogen-bond acceptors (Lipinski definition) is 4. The molecule has 4 heteroatoms. The number of rotatable bonds is 5. The summed E-state index contributed by atoms with van der Waals surface area (Å²) < 4.78 is 5.78. The van der Waals surface area contributed by atoms with Crippen molar-refractivity contribution in [2.45, 2.75) is 45.9 Å². The van der Waals surface area contributed by atoms with Crippen molar-refractivity contribution in [3.8, 4) is 0 Å². The number of nitrogens with one attached hydrogen (secondary N) is 1. The topological polar surface area (TPSA) is 37.4 Å². The molecule has 2 atom stereocenters. The second kappa shape index (κ2) is 6.87. The molecule has 0 amide bonds. The van der Waals surface area contributed by atoms with Crippen molar-refractivity contribution in [1.82, 2.24) is 10.3 Å². The predicted octanol–water partition coefficient (Wildman–Crippen LogP) is 2.19. The maximum absolute atomic E-state index is 5.78. The Morgan fingerprint density at radius 2 is 2.11 bits per heavy atom. The standard InChI is InChI=1S/C15H25N3O/c1-4-6-16-9-14-8-15(5-7-17-14)18-10-12(2)19-13(3)11-18/h5,7-8,12-13,16H,4,6,9-11H2,1-3H3. The second-order valence-electron chi connectivity index (χ2n) is 5.34. The summed E-state index contributed by atoms with van der Waals surface area (Å²) in [4.78, 5) is 6.82. The van der Waals surface area contributed by atoms with Gasteiger partial charge in [-0.1, -0.05) is 6.92 Å². The summed E-state index contributed by atoms with van der Waals surface area (Å²) in [6, 6.07) is 4.28. The molecule has 2 rings (SSSR count). The van der Waals surface area contributed by atoms with Gasteiger partial charge in [0.2, 0.25) is 0 Å². The number of hydrogen-bond donors (Lipinski definition) is 1. The maximum atomic E-state index is 5.78. The lowest BCUT2D eigenvalue weighted by Crippen LogP contribution is -2.45. The van der Waals surface area contributed by atoms with Crippen LogP contribution in [0.15, 0.2) is 18.3 Å². The quantitative estimate of drug-likeness (QED) is 0.826. The molecule has 0 aromatic carbocycles. The van der Waals surface area contributed by atoms with Crippen LogP contribution in [0.3, 0.4) is 0 Å². The summed E-state index contributed by atoms with van der Waals surface area (Å²) in [6.07, 6.45) is 3.64. The van der Waals surface area contributed by atoms with Crippen molar-refractivity contribution in [2.75, 3.05) is 24.5 Å². The van der Waals surface area contributed by atoms with E-state index in [0.717, 1.165) is 38.3 Å². The Morgan fingerprint density at radius 3 is 2.79 bits per heavy atom. The molecule has 1 N–H and O–H groups in total. The van der Waals surface area contributed by atoms with E-state index in [9.17, 15) is 0 Å². The lowest BCUT2D eigenvalue weighted by atomic mass is 10.2. The molecule has 0 aliphatic carbocycles. The van der Waals surface area contributed by atoms with Crippen molar-refractivity contribution in [2.24, 2.45) is 0 Å². The fourth-order valence-electron chi connectivity index (χ4n) is 2.54. The van der Waals surface area contributed by atoms with Crippen LogP contribution in [-0.2, 0) is 11.3 Å². The molecule has 1 saturated heterocycles. The number of pyridine rings is 1. The van der Waals surface area contributed by atoms with Gasteiger partial charge in [0.1, 0.15) is 0 Å². The average Bonchev–Trinajstić information content (AvgIpc) is 2.38. The Labute approximate surface area is 116 Å². The van der Waals surface area contributed by atoms with Crippen LogP contribution in [0, 0.1) is 0 Å². The molecule has 106 valence electrons. The highest BCUT2D eigenvalue weighted by Gasteiger charge is 2.22. The van der Waals surface area contributed by atoms with Gasteiger partial charge in [-0.25, -0.2) is 0 Å². The van der Waals surface area contributed by atoms with Gasteiger partial charge < -0.3 is 15.0 Å². The van der Waals surface area contributed by atoms with E-state index in [1.54, 1.807) is 0 Å². The van der Waals surface area contributed by atoms with Gasteiger partial charge in [-0.3, -0.25) is 4.98 Å². The third-order valence-electron chi connectivity index (χ3n) is 3.32. The van der Waals surface area contributed by atoms with E-state index in [1.165, 1.54) is 5.69 Å². The van der Waals surface area contributed by atoms with Crippen molar-refractivity contribution in [3.63, 3.8) is 0 Å². The Balaban J connectivity index is 2.01. The van der Waals surface area contributed by atoms with E-state index in [-0.39, 0.29) is 0 Å². The number of nitrogens with zero attached hydrogens (tertiary/aromatic N) is 2. The molecule has 0 radical (unpaired) electrons. The fraction of sp³-hybridized carbons (Fsp3) is 0.667. The summed E-state index contributed by atoms with van der Waals surface area (Å²) in [7, 11) is 0. The molecule has 1 aromatic rings. The fourth-order valence-corrected chi connectivity index (χ4v) is 2.54. The van der Waals surface area contributed by atoms with Gasteiger partial charge in [0, 0.05) is 31.5 Å². The van der Waals surface area contributed by atoms with Gasteiger partial charge >= 0.3 is 0 Å². The molecule has 1 aromatic heterocycles. The van der Waals surface area contributed by atoms with Crippen LogP contribution in [-0.4, -0.2) is 36.8 Å². The van der Waals surface area contributed by atoms with Crippen LogP contribution in [0.5, 0.6) is 0 Å². The van der Waals surface area contributed by atoms with Crippen LogP contribution in [0.25, 0.3) is 0 Å². The number of aromatic nitrogens is 1. The first-order valence-electron chi connectivity index (χ1n) is 7.25. The summed E-state index contributed by atoms with van der Waals surface area (Å²) in [5.74, 6) is 0. The third kappa shape index (κ3) is 4.18. The molecule has 2 heterocycles. The van der Waals surface area contributed by atoms with Crippen LogP contribution in [0.2, 0.25) is 0 Å². The Hall–Kier alpha value is -1.13. The van der Waals surface area contributed by atoms with E-state index in [4.69, 9.17) is 4.74 Å². The van der Waals surface area contributed by atoms with Crippen molar-refractivity contribution < 1.29 is 4.74 Å². The number of anilines is 1. The third-order valence-corrected chi connectivity index (χ3v) is 3.32. The molecule has 1 aliphatic rings. The van der Waals surface area contributed by atoms with Crippen LogP contribution in [0.4, 0.5) is 5.69 Å². The molecule has 1 fully saturated rings. The zero-order valence-corrected chi connectivity index (χ0v) is 12.2. The van der Waals surface area contributed by atoms with Gasteiger partial charge in [-0.05, 0) is 38.9 Å². The van der Waals surface area contributed by atoms with Crippen molar-refractivity contribution in [3.05, 3.63) is 24.0 Å². The highest BCUT2D eigenvalue weighted by atomic mass is 16.5. The zero-order valence-electron chi connectivity index (χ0n) is 12.2. The van der Waals surface area contributed by atoms with Crippen LogP contribution in [0.1, 0.15) is 32.9 Å². The molecule has 0 saturated carbocycles. The lowest BCUT2D eigenvalue weighted by Gasteiger charge is -2.36. The maximum Gasteiger partial charge on any atom is 0.0726 e. The second-order valence-corrected chi connectivity index (χ2v) is 5.34. The van der Waals surface area contributed by atoms with E-state index >= 15 is 0 Å². The van der Waals surface area contributed by atoms with Gasteiger partial charge in [-0.2, -0.15) is 0 Å². The Bertz CT molecular complexity index is 387. The van der Waals surface area contributed by atoms with E-state index in [0.29, 0.717) is 12.2 Å². The minimum atomic E-state index is 0.290. The predicted molar refractivity (Wildman–Crippen MR) is 78.5 cm³/mol. The van der Waals surface area contributed by atoms with Crippen molar-refractivity contribution in [1.29, 1.82) is 0 Å². The lowest BCUT2D eigenvalue weighted by molar-refractivity contribution is -0.00522. The first-order chi connectivity index (χ1) is 9.19. The van der Waals surface area contributed by atoms with Crippen LogP contribution >= 0.6 is 0 Å². The molecule has 0 bridgehead atoms. The highest BCUT2D eigenvalue weighted by Crippen LogP contribution is 2.20.